The lowest BCUT2D eigenvalue weighted by Gasteiger charge is -2.29. The Kier molecular flexibility index (Phi) is 7.23. The molecule has 0 aliphatic rings. The molecule has 0 aliphatic heterocycles. The summed E-state index contributed by atoms with van der Waals surface area (Å²) in [4.78, 5) is 12.6. The van der Waals surface area contributed by atoms with Gasteiger partial charge in [-0.2, -0.15) is 13.2 Å². The van der Waals surface area contributed by atoms with Crippen LogP contribution < -0.4 is 5.32 Å². The minimum Gasteiger partial charge on any atom is -0.395 e. The average molecular weight is 270 g/mol. The standard InChI is InChI=1S/C11H21F3N2O2/c1-4-8(2)15-10(18)9(3)16(5-6-17)7-11(12,13)14/h8-9,17H,4-7H2,1-3H3,(H,15,18). The zero-order valence-corrected chi connectivity index (χ0v) is 10.9. The number of nitrogens with one attached hydrogen (secondary N) is 1. The average Bonchev–Trinajstić information content (AvgIpc) is 2.25. The molecule has 0 fully saturated rings. The molecule has 7 heteroatoms. The van der Waals surface area contributed by atoms with Crippen molar-refractivity contribution < 1.29 is 23.1 Å². The molecule has 0 radical (unpaired) electrons. The Morgan fingerprint density at radius 1 is 1.39 bits per heavy atom. The first kappa shape index (κ1) is 17.2. The second-order valence-corrected chi connectivity index (χ2v) is 4.30. The Hall–Kier alpha value is -0.820. The highest BCUT2D eigenvalue weighted by Crippen LogP contribution is 2.17. The molecular formula is C11H21F3N2O2. The molecule has 0 bridgehead atoms. The summed E-state index contributed by atoms with van der Waals surface area (Å²) in [7, 11) is 0. The van der Waals surface area contributed by atoms with Crippen LogP contribution in [0.5, 0.6) is 0 Å². The van der Waals surface area contributed by atoms with Crippen LogP contribution in [0.2, 0.25) is 0 Å². The van der Waals surface area contributed by atoms with Crippen LogP contribution in [0, 0.1) is 0 Å². The number of hydrogen-bond acceptors (Lipinski definition) is 3. The maximum absolute atomic E-state index is 12.3. The van der Waals surface area contributed by atoms with Crippen molar-refractivity contribution >= 4 is 5.91 Å². The number of hydrogen-bond donors (Lipinski definition) is 2. The van der Waals surface area contributed by atoms with Crippen LogP contribution in [0.25, 0.3) is 0 Å². The maximum Gasteiger partial charge on any atom is 0.401 e. The highest BCUT2D eigenvalue weighted by molar-refractivity contribution is 5.81. The summed E-state index contributed by atoms with van der Waals surface area (Å²) >= 11 is 0. The Balaban J connectivity index is 4.54. The molecule has 0 aromatic rings. The van der Waals surface area contributed by atoms with E-state index in [4.69, 9.17) is 5.11 Å². The van der Waals surface area contributed by atoms with E-state index in [1.54, 1.807) is 6.92 Å². The Morgan fingerprint density at radius 2 is 1.94 bits per heavy atom. The Labute approximate surface area is 105 Å². The maximum atomic E-state index is 12.3. The van der Waals surface area contributed by atoms with Crippen LogP contribution in [0.15, 0.2) is 0 Å². The van der Waals surface area contributed by atoms with Gasteiger partial charge in [-0.05, 0) is 20.3 Å². The molecule has 0 aliphatic carbocycles. The van der Waals surface area contributed by atoms with E-state index in [1.165, 1.54) is 6.92 Å². The lowest BCUT2D eigenvalue weighted by molar-refractivity contribution is -0.155. The van der Waals surface area contributed by atoms with Crippen molar-refractivity contribution in [3.63, 3.8) is 0 Å². The highest BCUT2D eigenvalue weighted by Gasteiger charge is 2.34. The SMILES string of the molecule is CCC(C)NC(=O)C(C)N(CCO)CC(F)(F)F. The van der Waals surface area contributed by atoms with Gasteiger partial charge in [0.2, 0.25) is 5.91 Å². The van der Waals surface area contributed by atoms with Crippen LogP contribution in [-0.2, 0) is 4.79 Å². The first-order chi connectivity index (χ1) is 8.21. The van der Waals surface area contributed by atoms with E-state index >= 15 is 0 Å². The second kappa shape index (κ2) is 7.58. The number of nitrogens with zero attached hydrogens (tertiary/aromatic N) is 1. The quantitative estimate of drug-likeness (QED) is 0.729. The highest BCUT2D eigenvalue weighted by atomic mass is 19.4. The number of rotatable bonds is 7. The number of alkyl halides is 3. The normalized spacial score (nSPS) is 15.6. The smallest absolute Gasteiger partial charge is 0.395 e. The van der Waals surface area contributed by atoms with E-state index in [0.29, 0.717) is 6.42 Å². The van der Waals surface area contributed by atoms with Gasteiger partial charge in [-0.3, -0.25) is 9.69 Å². The molecule has 4 nitrogen and oxygen atoms in total. The van der Waals surface area contributed by atoms with E-state index in [2.05, 4.69) is 5.32 Å². The number of carbonyl (C=O) groups excluding carboxylic acids is 1. The summed E-state index contributed by atoms with van der Waals surface area (Å²) in [6, 6.07) is -1.01. The zero-order valence-electron chi connectivity index (χ0n) is 10.9. The molecule has 2 unspecified atom stereocenters. The predicted molar refractivity (Wildman–Crippen MR) is 62.1 cm³/mol. The van der Waals surface area contributed by atoms with E-state index in [0.717, 1.165) is 4.90 Å². The van der Waals surface area contributed by atoms with Gasteiger partial charge >= 0.3 is 6.18 Å². The molecule has 2 N–H and O–H groups in total. The Morgan fingerprint density at radius 3 is 2.33 bits per heavy atom. The molecule has 0 saturated carbocycles. The molecule has 108 valence electrons. The summed E-state index contributed by atoms with van der Waals surface area (Å²) < 4.78 is 37.0. The third-order valence-electron chi connectivity index (χ3n) is 2.70. The molecule has 2 atom stereocenters. The molecule has 0 heterocycles. The van der Waals surface area contributed by atoms with Gasteiger partial charge < -0.3 is 10.4 Å². The van der Waals surface area contributed by atoms with Crippen molar-refractivity contribution in [3.05, 3.63) is 0 Å². The zero-order chi connectivity index (χ0) is 14.3. The van der Waals surface area contributed by atoms with E-state index < -0.39 is 31.3 Å². The van der Waals surface area contributed by atoms with Gasteiger partial charge in [0, 0.05) is 12.6 Å². The summed E-state index contributed by atoms with van der Waals surface area (Å²) in [6.45, 7) is 3.25. The van der Waals surface area contributed by atoms with Gasteiger partial charge in [-0.25, -0.2) is 0 Å². The van der Waals surface area contributed by atoms with E-state index in [9.17, 15) is 18.0 Å². The van der Waals surface area contributed by atoms with Crippen molar-refractivity contribution in [3.8, 4) is 0 Å². The number of amides is 1. The number of aliphatic hydroxyl groups is 1. The largest absolute Gasteiger partial charge is 0.401 e. The molecule has 1 amide bonds. The summed E-state index contributed by atoms with van der Waals surface area (Å²) in [5, 5.41) is 11.4. The van der Waals surface area contributed by atoms with Crippen molar-refractivity contribution in [1.29, 1.82) is 0 Å². The lowest BCUT2D eigenvalue weighted by Crippen LogP contribution is -2.51. The fraction of sp³-hybridized carbons (Fsp3) is 0.909. The number of halogens is 3. The summed E-state index contributed by atoms with van der Waals surface area (Å²) in [5.41, 5.74) is 0. The third kappa shape index (κ3) is 6.80. The fourth-order valence-electron chi connectivity index (χ4n) is 1.40. The van der Waals surface area contributed by atoms with E-state index in [-0.39, 0.29) is 12.6 Å². The minimum absolute atomic E-state index is 0.0817. The van der Waals surface area contributed by atoms with Crippen LogP contribution in [-0.4, -0.2) is 53.9 Å². The van der Waals surface area contributed by atoms with Gasteiger partial charge in [0.05, 0.1) is 19.2 Å². The third-order valence-corrected chi connectivity index (χ3v) is 2.70. The van der Waals surface area contributed by atoms with Gasteiger partial charge in [0.1, 0.15) is 0 Å². The van der Waals surface area contributed by atoms with Gasteiger partial charge in [-0.1, -0.05) is 6.92 Å². The lowest BCUT2D eigenvalue weighted by atomic mass is 10.2. The monoisotopic (exact) mass is 270 g/mol. The first-order valence-electron chi connectivity index (χ1n) is 5.93. The first-order valence-corrected chi connectivity index (χ1v) is 5.93. The molecule has 0 saturated heterocycles. The predicted octanol–water partition coefficient (Wildman–Crippen LogP) is 1.15. The topological polar surface area (TPSA) is 52.6 Å². The van der Waals surface area contributed by atoms with Crippen LogP contribution in [0.3, 0.4) is 0 Å². The molecule has 0 aromatic carbocycles. The van der Waals surface area contributed by atoms with Crippen molar-refractivity contribution in [2.45, 2.75) is 45.5 Å². The van der Waals surface area contributed by atoms with Crippen LogP contribution in [0.4, 0.5) is 13.2 Å². The number of aliphatic hydroxyl groups excluding tert-OH is 1. The van der Waals surface area contributed by atoms with E-state index in [1.807, 2.05) is 6.92 Å². The number of carbonyl (C=O) groups is 1. The molecule has 0 spiro atoms. The molecule has 0 aromatic heterocycles. The molecular weight excluding hydrogens is 249 g/mol. The van der Waals surface area contributed by atoms with Gasteiger partial charge in [-0.15, -0.1) is 0 Å². The van der Waals surface area contributed by atoms with Crippen molar-refractivity contribution in [2.24, 2.45) is 0 Å². The van der Waals surface area contributed by atoms with Crippen LogP contribution >= 0.6 is 0 Å². The minimum atomic E-state index is -4.39. The van der Waals surface area contributed by atoms with Crippen molar-refractivity contribution in [1.82, 2.24) is 10.2 Å². The van der Waals surface area contributed by atoms with Crippen molar-refractivity contribution in [2.75, 3.05) is 19.7 Å². The van der Waals surface area contributed by atoms with Gasteiger partial charge in [0.25, 0.3) is 0 Å². The molecule has 18 heavy (non-hydrogen) atoms. The Bertz CT molecular complexity index is 259. The fourth-order valence-corrected chi connectivity index (χ4v) is 1.40. The van der Waals surface area contributed by atoms with Gasteiger partial charge in [0.15, 0.2) is 0 Å². The summed E-state index contributed by atoms with van der Waals surface area (Å²) in [5.74, 6) is -0.456. The van der Waals surface area contributed by atoms with Crippen LogP contribution in [0.1, 0.15) is 27.2 Å². The second-order valence-electron chi connectivity index (χ2n) is 4.30. The molecule has 0 rings (SSSR count). The summed E-state index contributed by atoms with van der Waals surface area (Å²) in [6.07, 6.45) is -3.68.